The number of aromatic nitrogens is 2. The highest BCUT2D eigenvalue weighted by Crippen LogP contribution is 2.21. The van der Waals surface area contributed by atoms with Gasteiger partial charge in [-0.3, -0.25) is 0 Å². The van der Waals surface area contributed by atoms with E-state index in [1.54, 1.807) is 0 Å². The molecule has 0 aliphatic carbocycles. The largest absolute Gasteiger partial charge is 0.394 e. The number of likely N-dealkylation sites (N-methyl/N-ethyl adjacent to an activating group) is 1. The molecule has 1 heterocycles. The molecule has 0 aliphatic heterocycles. The van der Waals surface area contributed by atoms with Gasteiger partial charge < -0.3 is 19.8 Å². The summed E-state index contributed by atoms with van der Waals surface area (Å²) in [7, 11) is 1.82. The van der Waals surface area contributed by atoms with Crippen LogP contribution in [0.2, 0.25) is 5.15 Å². The second kappa shape index (κ2) is 7.39. The van der Waals surface area contributed by atoms with Crippen molar-refractivity contribution in [3.63, 3.8) is 0 Å². The average molecular weight is 262 g/mol. The van der Waals surface area contributed by atoms with Gasteiger partial charge in [0.05, 0.1) is 32.0 Å². The molecule has 17 heavy (non-hydrogen) atoms. The number of ether oxygens (including phenoxy) is 1. The number of nitrogens with zero attached hydrogens (tertiary/aromatic N) is 3. The predicted octanol–water partition coefficient (Wildman–Crippen LogP) is 0.0674. The summed E-state index contributed by atoms with van der Waals surface area (Å²) < 4.78 is 5.15. The van der Waals surface area contributed by atoms with Gasteiger partial charge in [0.25, 0.3) is 0 Å². The lowest BCUT2D eigenvalue weighted by Gasteiger charge is -2.20. The topological polar surface area (TPSA) is 78.7 Å². The molecular formula is C10H16ClN3O3. The zero-order chi connectivity index (χ0) is 12.7. The lowest BCUT2D eigenvalue weighted by Crippen LogP contribution is -2.25. The fraction of sp³-hybridized carbons (Fsp3) is 0.600. The average Bonchev–Trinajstić information content (AvgIpc) is 2.34. The molecule has 0 radical (unpaired) electrons. The fourth-order valence-electron chi connectivity index (χ4n) is 1.32. The Labute approximate surface area is 105 Å². The monoisotopic (exact) mass is 261 g/mol. The third kappa shape index (κ3) is 4.08. The van der Waals surface area contributed by atoms with Gasteiger partial charge in [-0.2, -0.15) is 0 Å². The van der Waals surface area contributed by atoms with E-state index in [1.165, 1.54) is 6.33 Å². The lowest BCUT2D eigenvalue weighted by atomic mass is 10.3. The van der Waals surface area contributed by atoms with Crippen molar-refractivity contribution in [2.24, 2.45) is 0 Å². The van der Waals surface area contributed by atoms with Gasteiger partial charge in [-0.15, -0.1) is 0 Å². The Hall–Kier alpha value is -0.950. The zero-order valence-corrected chi connectivity index (χ0v) is 10.4. The molecule has 96 valence electrons. The van der Waals surface area contributed by atoms with Crippen LogP contribution in [0.25, 0.3) is 0 Å². The molecule has 0 unspecified atom stereocenters. The van der Waals surface area contributed by atoms with Gasteiger partial charge in [0.2, 0.25) is 0 Å². The molecule has 0 amide bonds. The van der Waals surface area contributed by atoms with Gasteiger partial charge in [-0.05, 0) is 0 Å². The molecule has 1 rings (SSSR count). The van der Waals surface area contributed by atoms with Crippen molar-refractivity contribution >= 4 is 17.4 Å². The van der Waals surface area contributed by atoms with E-state index in [0.717, 1.165) is 0 Å². The minimum atomic E-state index is -0.211. The number of rotatable bonds is 7. The van der Waals surface area contributed by atoms with Crippen LogP contribution in [0, 0.1) is 0 Å². The first-order chi connectivity index (χ1) is 8.20. The molecule has 1 aromatic rings. The molecule has 2 N–H and O–H groups in total. The highest BCUT2D eigenvalue weighted by atomic mass is 35.5. The summed E-state index contributed by atoms with van der Waals surface area (Å²) in [5.41, 5.74) is 0.499. The molecule has 0 aliphatic rings. The SMILES string of the molecule is CN(CCOCCO)c1ncnc(Cl)c1CO. The van der Waals surface area contributed by atoms with Crippen LogP contribution in [0.1, 0.15) is 5.56 Å². The normalized spacial score (nSPS) is 10.6. The summed E-state index contributed by atoms with van der Waals surface area (Å²) >= 11 is 5.86. The van der Waals surface area contributed by atoms with Crippen LogP contribution in [0.15, 0.2) is 6.33 Å². The molecule has 0 bridgehead atoms. The quantitative estimate of drug-likeness (QED) is 0.534. The summed E-state index contributed by atoms with van der Waals surface area (Å²) in [4.78, 5) is 9.70. The van der Waals surface area contributed by atoms with E-state index in [-0.39, 0.29) is 18.4 Å². The smallest absolute Gasteiger partial charge is 0.140 e. The van der Waals surface area contributed by atoms with Crippen LogP contribution in [0.4, 0.5) is 5.82 Å². The minimum absolute atomic E-state index is 0.00490. The maximum atomic E-state index is 9.20. The Morgan fingerprint density at radius 1 is 1.35 bits per heavy atom. The number of hydrogen-bond acceptors (Lipinski definition) is 6. The molecule has 0 fully saturated rings. The van der Waals surface area contributed by atoms with Crippen molar-refractivity contribution in [1.82, 2.24) is 9.97 Å². The fourth-order valence-corrected chi connectivity index (χ4v) is 1.51. The molecule has 6 nitrogen and oxygen atoms in total. The van der Waals surface area contributed by atoms with E-state index < -0.39 is 0 Å². The highest BCUT2D eigenvalue weighted by molar-refractivity contribution is 6.30. The minimum Gasteiger partial charge on any atom is -0.394 e. The van der Waals surface area contributed by atoms with Crippen molar-refractivity contribution in [3.05, 3.63) is 17.0 Å². The lowest BCUT2D eigenvalue weighted by molar-refractivity contribution is 0.0970. The van der Waals surface area contributed by atoms with Gasteiger partial charge in [-0.25, -0.2) is 9.97 Å². The Kier molecular flexibility index (Phi) is 6.13. The van der Waals surface area contributed by atoms with Crippen molar-refractivity contribution in [1.29, 1.82) is 0 Å². The first-order valence-electron chi connectivity index (χ1n) is 5.20. The Morgan fingerprint density at radius 2 is 2.12 bits per heavy atom. The van der Waals surface area contributed by atoms with Crippen molar-refractivity contribution in [2.45, 2.75) is 6.61 Å². The van der Waals surface area contributed by atoms with E-state index in [4.69, 9.17) is 21.4 Å². The zero-order valence-electron chi connectivity index (χ0n) is 9.64. The Bertz CT molecular complexity index is 352. The molecule has 0 atom stereocenters. The second-order valence-electron chi connectivity index (χ2n) is 3.38. The van der Waals surface area contributed by atoms with Crippen LogP contribution >= 0.6 is 11.6 Å². The summed E-state index contributed by atoms with van der Waals surface area (Å²) in [6.07, 6.45) is 1.35. The van der Waals surface area contributed by atoms with Crippen LogP contribution in [-0.2, 0) is 11.3 Å². The Balaban J connectivity index is 2.61. The molecule has 0 spiro atoms. The van der Waals surface area contributed by atoms with E-state index in [1.807, 2.05) is 11.9 Å². The van der Waals surface area contributed by atoms with Gasteiger partial charge in [-0.1, -0.05) is 11.6 Å². The summed E-state index contributed by atoms with van der Waals surface area (Å²) in [5.74, 6) is 0.583. The standard InChI is InChI=1S/C10H16ClN3O3/c1-14(2-4-17-5-3-15)10-8(6-16)9(11)12-7-13-10/h7,15-16H,2-6H2,1H3. The van der Waals surface area contributed by atoms with Gasteiger partial charge >= 0.3 is 0 Å². The van der Waals surface area contributed by atoms with Crippen molar-refractivity contribution < 1.29 is 14.9 Å². The Morgan fingerprint density at radius 3 is 2.76 bits per heavy atom. The number of halogens is 1. The molecule has 0 aromatic carbocycles. The molecule has 0 saturated carbocycles. The highest BCUT2D eigenvalue weighted by Gasteiger charge is 2.12. The van der Waals surface area contributed by atoms with E-state index in [9.17, 15) is 5.11 Å². The van der Waals surface area contributed by atoms with E-state index in [2.05, 4.69) is 9.97 Å². The molecule has 0 saturated heterocycles. The van der Waals surface area contributed by atoms with Crippen molar-refractivity contribution in [3.8, 4) is 0 Å². The maximum absolute atomic E-state index is 9.20. The number of anilines is 1. The summed E-state index contributed by atoms with van der Waals surface area (Å²) in [5, 5.41) is 18.0. The van der Waals surface area contributed by atoms with Gasteiger partial charge in [0.15, 0.2) is 0 Å². The molecular weight excluding hydrogens is 246 g/mol. The number of aliphatic hydroxyl groups is 2. The number of aliphatic hydroxyl groups excluding tert-OH is 2. The third-order valence-electron chi connectivity index (χ3n) is 2.20. The van der Waals surface area contributed by atoms with Crippen LogP contribution < -0.4 is 4.90 Å². The molecule has 7 heteroatoms. The van der Waals surface area contributed by atoms with Crippen molar-refractivity contribution in [2.75, 3.05) is 38.3 Å². The van der Waals surface area contributed by atoms with E-state index >= 15 is 0 Å². The summed E-state index contributed by atoms with van der Waals surface area (Å²) in [6, 6.07) is 0. The maximum Gasteiger partial charge on any atom is 0.140 e. The summed E-state index contributed by atoms with van der Waals surface area (Å²) in [6.45, 7) is 1.15. The molecule has 1 aromatic heterocycles. The van der Waals surface area contributed by atoms with Crippen LogP contribution in [-0.4, -0.2) is 53.6 Å². The first-order valence-corrected chi connectivity index (χ1v) is 5.58. The van der Waals surface area contributed by atoms with Gasteiger partial charge in [0, 0.05) is 13.6 Å². The van der Waals surface area contributed by atoms with Crippen LogP contribution in [0.3, 0.4) is 0 Å². The predicted molar refractivity (Wildman–Crippen MR) is 64.1 cm³/mol. The second-order valence-corrected chi connectivity index (χ2v) is 3.74. The first kappa shape index (κ1) is 14.1. The van der Waals surface area contributed by atoms with Gasteiger partial charge in [0.1, 0.15) is 17.3 Å². The van der Waals surface area contributed by atoms with E-state index in [0.29, 0.717) is 31.1 Å². The number of hydrogen-bond donors (Lipinski definition) is 2. The third-order valence-corrected chi connectivity index (χ3v) is 2.52. The van der Waals surface area contributed by atoms with Crippen LogP contribution in [0.5, 0.6) is 0 Å².